The zero-order valence-corrected chi connectivity index (χ0v) is 11.8. The van der Waals surface area contributed by atoms with Gasteiger partial charge in [0.05, 0.1) is 0 Å². The van der Waals surface area contributed by atoms with Gasteiger partial charge in [0.15, 0.2) is 0 Å². The molecule has 0 fully saturated rings. The Labute approximate surface area is 118 Å². The van der Waals surface area contributed by atoms with Crippen LogP contribution in [0, 0.1) is 24.4 Å². The van der Waals surface area contributed by atoms with Gasteiger partial charge in [0.1, 0.15) is 17.5 Å². The summed E-state index contributed by atoms with van der Waals surface area (Å²) in [6.07, 6.45) is 0.256. The molecule has 0 bridgehead atoms. The van der Waals surface area contributed by atoms with Crippen LogP contribution in [0.25, 0.3) is 0 Å². The van der Waals surface area contributed by atoms with E-state index in [0.717, 1.165) is 11.6 Å². The lowest BCUT2D eigenvalue weighted by Crippen LogP contribution is -2.01. The highest BCUT2D eigenvalue weighted by atomic mass is 79.9. The highest BCUT2D eigenvalue weighted by Gasteiger charge is 2.15. The van der Waals surface area contributed by atoms with Gasteiger partial charge < -0.3 is 0 Å². The molecule has 2 rings (SSSR count). The molecule has 0 aliphatic rings. The zero-order chi connectivity index (χ0) is 14.0. The van der Waals surface area contributed by atoms with Crippen LogP contribution in [0.15, 0.2) is 36.4 Å². The predicted octanol–water partition coefficient (Wildman–Crippen LogP) is 5.09. The van der Waals surface area contributed by atoms with Crippen LogP contribution in [-0.2, 0) is 6.42 Å². The molecule has 0 heterocycles. The molecule has 0 nitrogen and oxygen atoms in total. The smallest absolute Gasteiger partial charge is 0.129 e. The second kappa shape index (κ2) is 5.78. The van der Waals surface area contributed by atoms with Crippen molar-refractivity contribution in [1.29, 1.82) is 0 Å². The number of rotatable bonds is 3. The highest BCUT2D eigenvalue weighted by Crippen LogP contribution is 2.30. The molecule has 0 aromatic heterocycles. The van der Waals surface area contributed by atoms with Gasteiger partial charge in [0.2, 0.25) is 0 Å². The molecule has 0 saturated heterocycles. The quantitative estimate of drug-likeness (QED) is 0.688. The average Bonchev–Trinajstić information content (AvgIpc) is 2.35. The fourth-order valence-electron chi connectivity index (χ4n) is 1.89. The maximum atomic E-state index is 13.7. The minimum atomic E-state index is -0.617. The zero-order valence-electron chi connectivity index (χ0n) is 10.3. The first-order valence-electron chi connectivity index (χ1n) is 5.81. The van der Waals surface area contributed by atoms with Crippen molar-refractivity contribution in [2.75, 3.05) is 0 Å². The summed E-state index contributed by atoms with van der Waals surface area (Å²) >= 11 is 3.36. The molecule has 100 valence electrons. The number of alkyl halides is 1. The third-order valence-corrected chi connectivity index (χ3v) is 3.72. The maximum Gasteiger partial charge on any atom is 0.129 e. The van der Waals surface area contributed by atoms with Crippen LogP contribution in [0.1, 0.15) is 21.5 Å². The van der Waals surface area contributed by atoms with E-state index in [9.17, 15) is 13.2 Å². The Bertz CT molecular complexity index is 596. The van der Waals surface area contributed by atoms with Gasteiger partial charge in [-0.15, -0.1) is 0 Å². The molecule has 0 aliphatic heterocycles. The van der Waals surface area contributed by atoms with E-state index in [1.165, 1.54) is 18.2 Å². The molecular formula is C15H12BrF3. The van der Waals surface area contributed by atoms with Gasteiger partial charge in [0, 0.05) is 16.5 Å². The van der Waals surface area contributed by atoms with Crippen molar-refractivity contribution in [3.63, 3.8) is 0 Å². The van der Waals surface area contributed by atoms with Gasteiger partial charge in [0.25, 0.3) is 0 Å². The average molecular weight is 329 g/mol. The van der Waals surface area contributed by atoms with Crippen LogP contribution in [0.3, 0.4) is 0 Å². The second-order valence-corrected chi connectivity index (χ2v) is 5.54. The summed E-state index contributed by atoms with van der Waals surface area (Å²) in [4.78, 5) is -0.354. The molecule has 1 unspecified atom stereocenters. The second-order valence-electron chi connectivity index (χ2n) is 4.43. The van der Waals surface area contributed by atoms with Gasteiger partial charge in [-0.25, -0.2) is 13.2 Å². The lowest BCUT2D eigenvalue weighted by atomic mass is 10.0. The number of hydrogen-bond donors (Lipinski definition) is 0. The monoisotopic (exact) mass is 328 g/mol. The number of hydrogen-bond acceptors (Lipinski definition) is 0. The van der Waals surface area contributed by atoms with Crippen LogP contribution < -0.4 is 0 Å². The fraction of sp³-hybridized carbons (Fsp3) is 0.200. The molecule has 2 aromatic rings. The first-order valence-corrected chi connectivity index (χ1v) is 6.73. The van der Waals surface area contributed by atoms with Gasteiger partial charge in [-0.1, -0.05) is 39.7 Å². The Morgan fingerprint density at radius 2 is 1.74 bits per heavy atom. The maximum absolute atomic E-state index is 13.7. The van der Waals surface area contributed by atoms with E-state index in [0.29, 0.717) is 11.1 Å². The molecule has 19 heavy (non-hydrogen) atoms. The molecule has 4 heteroatoms. The van der Waals surface area contributed by atoms with E-state index in [1.807, 2.05) is 6.92 Å². The topological polar surface area (TPSA) is 0 Å². The molecule has 0 amide bonds. The van der Waals surface area contributed by atoms with Crippen molar-refractivity contribution in [3.8, 4) is 0 Å². The molecule has 2 aromatic carbocycles. The van der Waals surface area contributed by atoms with Crippen LogP contribution in [-0.4, -0.2) is 0 Å². The Kier molecular flexibility index (Phi) is 4.30. The predicted molar refractivity (Wildman–Crippen MR) is 72.9 cm³/mol. The Hall–Kier alpha value is -1.29. The molecule has 0 N–H and O–H groups in total. The molecule has 0 spiro atoms. The van der Waals surface area contributed by atoms with Crippen molar-refractivity contribution in [1.82, 2.24) is 0 Å². The summed E-state index contributed by atoms with van der Waals surface area (Å²) < 4.78 is 40.1. The number of benzene rings is 2. The minimum Gasteiger partial charge on any atom is -0.207 e. The number of halogens is 4. The summed E-state index contributed by atoms with van der Waals surface area (Å²) in [5.41, 5.74) is 1.76. The Balaban J connectivity index is 2.25. The Morgan fingerprint density at radius 3 is 2.42 bits per heavy atom. The van der Waals surface area contributed by atoms with Crippen molar-refractivity contribution in [2.45, 2.75) is 18.2 Å². The van der Waals surface area contributed by atoms with Crippen LogP contribution in [0.4, 0.5) is 13.2 Å². The van der Waals surface area contributed by atoms with Crippen molar-refractivity contribution in [2.24, 2.45) is 0 Å². The summed E-state index contributed by atoms with van der Waals surface area (Å²) in [5, 5.41) is 0. The van der Waals surface area contributed by atoms with Crippen molar-refractivity contribution < 1.29 is 13.2 Å². The highest BCUT2D eigenvalue weighted by molar-refractivity contribution is 9.09. The molecule has 0 radical (unpaired) electrons. The summed E-state index contributed by atoms with van der Waals surface area (Å²) in [7, 11) is 0. The van der Waals surface area contributed by atoms with E-state index >= 15 is 0 Å². The van der Waals surface area contributed by atoms with Crippen LogP contribution >= 0.6 is 15.9 Å². The van der Waals surface area contributed by atoms with E-state index in [4.69, 9.17) is 0 Å². The lowest BCUT2D eigenvalue weighted by molar-refractivity contribution is 0.568. The third-order valence-electron chi connectivity index (χ3n) is 2.90. The third kappa shape index (κ3) is 3.38. The van der Waals surface area contributed by atoms with Gasteiger partial charge in [-0.2, -0.15) is 0 Å². The summed E-state index contributed by atoms with van der Waals surface area (Å²) in [6.45, 7) is 1.86. The van der Waals surface area contributed by atoms with E-state index in [1.54, 1.807) is 12.1 Å². The first kappa shape index (κ1) is 14.1. The number of aryl methyl sites for hydroxylation is 1. The van der Waals surface area contributed by atoms with E-state index in [2.05, 4.69) is 15.9 Å². The van der Waals surface area contributed by atoms with Crippen molar-refractivity contribution in [3.05, 3.63) is 70.5 Å². The van der Waals surface area contributed by atoms with Crippen LogP contribution in [0.5, 0.6) is 0 Å². The normalized spacial score (nSPS) is 12.5. The standard InChI is InChI=1S/C15H12BrF3/c1-9-2-5-14(18)12(6-9)13(16)7-10-3-4-11(17)8-15(10)19/h2-6,8,13H,7H2,1H3. The van der Waals surface area contributed by atoms with Crippen molar-refractivity contribution >= 4 is 15.9 Å². The largest absolute Gasteiger partial charge is 0.207 e. The first-order chi connectivity index (χ1) is 8.97. The van der Waals surface area contributed by atoms with Gasteiger partial charge >= 0.3 is 0 Å². The van der Waals surface area contributed by atoms with E-state index in [-0.39, 0.29) is 17.1 Å². The molecule has 0 aliphatic carbocycles. The Morgan fingerprint density at radius 1 is 1.00 bits per heavy atom. The van der Waals surface area contributed by atoms with E-state index < -0.39 is 11.6 Å². The van der Waals surface area contributed by atoms with Gasteiger partial charge in [-0.3, -0.25) is 0 Å². The lowest BCUT2D eigenvalue weighted by Gasteiger charge is -2.13. The summed E-state index contributed by atoms with van der Waals surface area (Å²) in [6, 6.07) is 8.20. The summed E-state index contributed by atoms with van der Waals surface area (Å²) in [5.74, 6) is -1.57. The van der Waals surface area contributed by atoms with Crippen LogP contribution in [0.2, 0.25) is 0 Å². The molecule has 0 saturated carbocycles. The van der Waals surface area contributed by atoms with Gasteiger partial charge in [-0.05, 0) is 31.0 Å². The molecular weight excluding hydrogens is 317 g/mol. The fourth-order valence-corrected chi connectivity index (χ4v) is 2.59. The minimum absolute atomic E-state index is 0.256. The molecule has 1 atom stereocenters. The SMILES string of the molecule is Cc1ccc(F)c(C(Br)Cc2ccc(F)cc2F)c1.